The molecule has 4 N–H and O–H groups in total. The molecule has 0 amide bonds. The minimum Gasteiger partial charge on any atom is -0.398 e. The van der Waals surface area contributed by atoms with Gasteiger partial charge in [0.15, 0.2) is 0 Å². The molecule has 4 heteroatoms. The van der Waals surface area contributed by atoms with E-state index in [0.29, 0.717) is 15.7 Å². The van der Waals surface area contributed by atoms with Crippen LogP contribution in [0.3, 0.4) is 0 Å². The normalized spacial score (nSPS) is 13.3. The number of hydrogen-bond acceptors (Lipinski definition) is 2. The van der Waals surface area contributed by atoms with Gasteiger partial charge in [-0.3, -0.25) is 0 Å². The van der Waals surface area contributed by atoms with E-state index in [0.717, 1.165) is 0 Å². The van der Waals surface area contributed by atoms with Gasteiger partial charge in [0.1, 0.15) is 5.82 Å². The Hall–Kier alpha value is -0.610. The van der Waals surface area contributed by atoms with Crippen LogP contribution in [0, 0.1) is 11.7 Å². The van der Waals surface area contributed by atoms with Crippen LogP contribution in [-0.4, -0.2) is 0 Å². The number of rotatable bonds is 2. The third-order valence-corrected chi connectivity index (χ3v) is 2.86. The van der Waals surface area contributed by atoms with Gasteiger partial charge in [0.05, 0.1) is 5.69 Å². The lowest BCUT2D eigenvalue weighted by molar-refractivity contribution is 0.511. The van der Waals surface area contributed by atoms with Crippen molar-refractivity contribution in [1.29, 1.82) is 0 Å². The molecule has 14 heavy (non-hydrogen) atoms. The standard InChI is InChI=1S/C10H14BrFN2/c1-5(2)9(13)7-3-6(12)4-8(11)10(7)14/h3-5,9H,13-14H2,1-2H3. The van der Waals surface area contributed by atoms with Gasteiger partial charge in [-0.1, -0.05) is 13.8 Å². The second-order valence-corrected chi connectivity index (χ2v) is 4.51. The highest BCUT2D eigenvalue weighted by Crippen LogP contribution is 2.31. The van der Waals surface area contributed by atoms with Crippen molar-refractivity contribution < 1.29 is 4.39 Å². The van der Waals surface area contributed by atoms with Gasteiger partial charge in [-0.05, 0) is 39.5 Å². The molecule has 2 nitrogen and oxygen atoms in total. The SMILES string of the molecule is CC(C)C(N)c1cc(F)cc(Br)c1N. The van der Waals surface area contributed by atoms with Crippen molar-refractivity contribution in [3.05, 3.63) is 28.0 Å². The van der Waals surface area contributed by atoms with Crippen LogP contribution < -0.4 is 11.5 Å². The van der Waals surface area contributed by atoms with E-state index in [9.17, 15) is 4.39 Å². The van der Waals surface area contributed by atoms with Crippen LogP contribution in [0.1, 0.15) is 25.5 Å². The van der Waals surface area contributed by atoms with Gasteiger partial charge in [0.2, 0.25) is 0 Å². The molecule has 1 aromatic carbocycles. The average molecular weight is 261 g/mol. The monoisotopic (exact) mass is 260 g/mol. The third kappa shape index (κ3) is 2.25. The third-order valence-electron chi connectivity index (χ3n) is 2.20. The summed E-state index contributed by atoms with van der Waals surface area (Å²) in [5.41, 5.74) is 12.9. The van der Waals surface area contributed by atoms with Gasteiger partial charge < -0.3 is 11.5 Å². The molecule has 0 aliphatic carbocycles. The van der Waals surface area contributed by atoms with Gasteiger partial charge in [-0.25, -0.2) is 4.39 Å². The molecular formula is C10H14BrFN2. The lowest BCUT2D eigenvalue weighted by atomic mass is 9.96. The summed E-state index contributed by atoms with van der Waals surface area (Å²) in [7, 11) is 0. The molecule has 0 saturated carbocycles. The average Bonchev–Trinajstić information content (AvgIpc) is 2.09. The van der Waals surface area contributed by atoms with Crippen molar-refractivity contribution in [1.82, 2.24) is 0 Å². The molecule has 0 aliphatic rings. The first-order valence-corrected chi connectivity index (χ1v) is 5.22. The first-order chi connectivity index (χ1) is 6.43. The molecule has 0 saturated heterocycles. The van der Waals surface area contributed by atoms with E-state index in [1.54, 1.807) is 0 Å². The van der Waals surface area contributed by atoms with Gasteiger partial charge in [0, 0.05) is 10.5 Å². The molecule has 1 aromatic rings. The van der Waals surface area contributed by atoms with Crippen molar-refractivity contribution in [2.24, 2.45) is 11.7 Å². The van der Waals surface area contributed by atoms with Gasteiger partial charge in [0.25, 0.3) is 0 Å². The van der Waals surface area contributed by atoms with Crippen molar-refractivity contribution in [3.63, 3.8) is 0 Å². The predicted octanol–water partition coefficient (Wildman–Crippen LogP) is 2.83. The molecule has 0 spiro atoms. The summed E-state index contributed by atoms with van der Waals surface area (Å²) in [6.45, 7) is 3.95. The van der Waals surface area contributed by atoms with Crippen LogP contribution in [0.4, 0.5) is 10.1 Å². The Labute approximate surface area is 91.6 Å². The van der Waals surface area contributed by atoms with Crippen molar-refractivity contribution in [2.75, 3.05) is 5.73 Å². The van der Waals surface area contributed by atoms with E-state index in [4.69, 9.17) is 11.5 Å². The summed E-state index contributed by atoms with van der Waals surface area (Å²) in [4.78, 5) is 0. The van der Waals surface area contributed by atoms with E-state index >= 15 is 0 Å². The molecule has 0 aromatic heterocycles. The second-order valence-electron chi connectivity index (χ2n) is 3.66. The molecule has 0 heterocycles. The van der Waals surface area contributed by atoms with Crippen LogP contribution in [0.15, 0.2) is 16.6 Å². The highest BCUT2D eigenvalue weighted by molar-refractivity contribution is 9.10. The Morgan fingerprint density at radius 3 is 2.43 bits per heavy atom. The zero-order chi connectivity index (χ0) is 10.9. The Morgan fingerprint density at radius 1 is 1.36 bits per heavy atom. The maximum Gasteiger partial charge on any atom is 0.124 e. The van der Waals surface area contributed by atoms with E-state index in [1.165, 1.54) is 12.1 Å². The number of anilines is 1. The number of hydrogen-bond donors (Lipinski definition) is 2. The predicted molar refractivity (Wildman–Crippen MR) is 60.3 cm³/mol. The quantitative estimate of drug-likeness (QED) is 0.804. The Kier molecular flexibility index (Phi) is 3.50. The maximum atomic E-state index is 13.1. The van der Waals surface area contributed by atoms with Gasteiger partial charge in [-0.2, -0.15) is 0 Å². The zero-order valence-corrected chi connectivity index (χ0v) is 9.81. The van der Waals surface area contributed by atoms with E-state index < -0.39 is 0 Å². The summed E-state index contributed by atoms with van der Waals surface area (Å²) in [6, 6.07) is 2.50. The molecule has 0 bridgehead atoms. The van der Waals surface area contributed by atoms with Crippen LogP contribution >= 0.6 is 15.9 Å². The Balaban J connectivity index is 3.20. The fraction of sp³-hybridized carbons (Fsp3) is 0.400. The molecule has 0 aliphatic heterocycles. The second kappa shape index (κ2) is 4.28. The largest absolute Gasteiger partial charge is 0.398 e. The number of nitrogen functional groups attached to an aromatic ring is 1. The van der Waals surface area contributed by atoms with Crippen LogP contribution in [0.5, 0.6) is 0 Å². The zero-order valence-electron chi connectivity index (χ0n) is 8.22. The smallest absolute Gasteiger partial charge is 0.124 e. The number of nitrogens with two attached hydrogens (primary N) is 2. The van der Waals surface area contributed by atoms with Crippen molar-refractivity contribution in [2.45, 2.75) is 19.9 Å². The molecule has 1 unspecified atom stereocenters. The van der Waals surface area contributed by atoms with Crippen LogP contribution in [0.2, 0.25) is 0 Å². The maximum absolute atomic E-state index is 13.1. The lowest BCUT2D eigenvalue weighted by Gasteiger charge is -2.18. The van der Waals surface area contributed by atoms with E-state index in [1.807, 2.05) is 13.8 Å². The first kappa shape index (κ1) is 11.5. The Morgan fingerprint density at radius 2 is 1.93 bits per heavy atom. The lowest BCUT2D eigenvalue weighted by Crippen LogP contribution is -2.18. The summed E-state index contributed by atoms with van der Waals surface area (Å²) in [6.07, 6.45) is 0. The van der Waals surface area contributed by atoms with Crippen molar-refractivity contribution in [3.8, 4) is 0 Å². The fourth-order valence-electron chi connectivity index (χ4n) is 1.24. The number of halogens is 2. The van der Waals surface area contributed by atoms with Crippen LogP contribution in [-0.2, 0) is 0 Å². The fourth-order valence-corrected chi connectivity index (χ4v) is 1.69. The van der Waals surface area contributed by atoms with Gasteiger partial charge >= 0.3 is 0 Å². The molecule has 78 valence electrons. The van der Waals surface area contributed by atoms with Crippen molar-refractivity contribution >= 4 is 21.6 Å². The minimum absolute atomic E-state index is 0.228. The van der Waals surface area contributed by atoms with E-state index in [2.05, 4.69) is 15.9 Å². The Bertz CT molecular complexity index is 339. The minimum atomic E-state index is -0.322. The molecule has 0 fully saturated rings. The highest BCUT2D eigenvalue weighted by atomic mass is 79.9. The van der Waals surface area contributed by atoms with E-state index in [-0.39, 0.29) is 17.8 Å². The summed E-state index contributed by atoms with van der Waals surface area (Å²) in [5, 5.41) is 0. The topological polar surface area (TPSA) is 52.0 Å². The summed E-state index contributed by atoms with van der Waals surface area (Å²) in [5.74, 6) is -0.0943. The highest BCUT2D eigenvalue weighted by Gasteiger charge is 2.16. The number of benzene rings is 1. The summed E-state index contributed by atoms with van der Waals surface area (Å²) < 4.78 is 13.6. The molecule has 0 radical (unpaired) electrons. The first-order valence-electron chi connectivity index (χ1n) is 4.43. The van der Waals surface area contributed by atoms with Crippen LogP contribution in [0.25, 0.3) is 0 Å². The summed E-state index contributed by atoms with van der Waals surface area (Å²) >= 11 is 3.19. The molecular weight excluding hydrogens is 247 g/mol. The van der Waals surface area contributed by atoms with Gasteiger partial charge in [-0.15, -0.1) is 0 Å². The molecule has 1 atom stereocenters. The molecule has 1 rings (SSSR count).